The summed E-state index contributed by atoms with van der Waals surface area (Å²) in [6.45, 7) is 0. The summed E-state index contributed by atoms with van der Waals surface area (Å²) < 4.78 is 6.36. The summed E-state index contributed by atoms with van der Waals surface area (Å²) >= 11 is 11.5. The zero-order valence-corrected chi connectivity index (χ0v) is 13.9. The van der Waals surface area contributed by atoms with Crippen molar-refractivity contribution in [2.45, 2.75) is 12.5 Å². The maximum atomic E-state index is 6.21. The van der Waals surface area contributed by atoms with Crippen LogP contribution in [0.15, 0.2) is 34.1 Å². The number of thiophene rings is 1. The van der Waals surface area contributed by atoms with E-state index in [1.807, 2.05) is 30.6 Å². The summed E-state index contributed by atoms with van der Waals surface area (Å²) in [7, 11) is 3.63. The van der Waals surface area contributed by atoms with Crippen molar-refractivity contribution in [3.63, 3.8) is 0 Å². The molecular formula is C14H15BrClNOS. The smallest absolute Gasteiger partial charge is 0.119 e. The van der Waals surface area contributed by atoms with E-state index >= 15 is 0 Å². The summed E-state index contributed by atoms with van der Waals surface area (Å²) in [6, 6.07) is 8.15. The zero-order valence-electron chi connectivity index (χ0n) is 10.7. The first-order valence-electron chi connectivity index (χ1n) is 5.88. The molecule has 0 spiro atoms. The summed E-state index contributed by atoms with van der Waals surface area (Å²) in [5.41, 5.74) is 1.20. The molecule has 2 rings (SSSR count). The number of likely N-dealkylation sites (N-methyl/N-ethyl adjacent to an activating group) is 1. The highest BCUT2D eigenvalue weighted by molar-refractivity contribution is 9.10. The number of ether oxygens (including phenoxy) is 1. The number of hydrogen-bond donors (Lipinski definition) is 1. The molecule has 5 heteroatoms. The summed E-state index contributed by atoms with van der Waals surface area (Å²) in [5.74, 6) is 0.866. The Balaban J connectivity index is 2.26. The first kappa shape index (κ1) is 14.9. The van der Waals surface area contributed by atoms with Crippen molar-refractivity contribution in [2.24, 2.45) is 0 Å². The van der Waals surface area contributed by atoms with Crippen LogP contribution in [0.1, 0.15) is 16.5 Å². The van der Waals surface area contributed by atoms with E-state index in [-0.39, 0.29) is 6.04 Å². The number of hydrogen-bond acceptors (Lipinski definition) is 3. The van der Waals surface area contributed by atoms with Crippen LogP contribution in [0, 0.1) is 0 Å². The van der Waals surface area contributed by atoms with Crippen LogP contribution >= 0.6 is 38.9 Å². The van der Waals surface area contributed by atoms with Crippen LogP contribution in [-0.2, 0) is 6.42 Å². The van der Waals surface area contributed by atoms with Crippen molar-refractivity contribution in [1.29, 1.82) is 0 Å². The van der Waals surface area contributed by atoms with E-state index in [9.17, 15) is 0 Å². The lowest BCUT2D eigenvalue weighted by molar-refractivity contribution is 0.414. The molecule has 1 unspecified atom stereocenters. The van der Waals surface area contributed by atoms with Crippen LogP contribution in [0.25, 0.3) is 0 Å². The number of halogens is 2. The average molecular weight is 361 g/mol. The molecule has 0 bridgehead atoms. The van der Waals surface area contributed by atoms with Crippen LogP contribution in [0.2, 0.25) is 5.02 Å². The maximum Gasteiger partial charge on any atom is 0.119 e. The van der Waals surface area contributed by atoms with Crippen LogP contribution in [0.4, 0.5) is 0 Å². The predicted octanol–water partition coefficient (Wildman–Crippen LogP) is 4.68. The minimum Gasteiger partial charge on any atom is -0.497 e. The topological polar surface area (TPSA) is 21.3 Å². The Kier molecular flexibility index (Phi) is 5.28. The molecule has 1 aromatic heterocycles. The molecule has 0 aliphatic heterocycles. The lowest BCUT2D eigenvalue weighted by Gasteiger charge is -2.17. The van der Waals surface area contributed by atoms with Crippen LogP contribution < -0.4 is 10.1 Å². The third-order valence-electron chi connectivity index (χ3n) is 2.99. The second-order valence-electron chi connectivity index (χ2n) is 4.14. The van der Waals surface area contributed by atoms with E-state index in [4.69, 9.17) is 16.3 Å². The standard InChI is InChI=1S/C14H15BrClNOS/c1-17-13(14-12(16)5-6-19-14)8-9-7-10(18-2)3-4-11(9)15/h3-7,13,17H,8H2,1-2H3. The van der Waals surface area contributed by atoms with Gasteiger partial charge in [-0.3, -0.25) is 0 Å². The zero-order chi connectivity index (χ0) is 13.8. The lowest BCUT2D eigenvalue weighted by Crippen LogP contribution is -2.18. The van der Waals surface area contributed by atoms with Gasteiger partial charge in [0, 0.05) is 15.4 Å². The largest absolute Gasteiger partial charge is 0.497 e. The van der Waals surface area contributed by atoms with Gasteiger partial charge in [-0.15, -0.1) is 11.3 Å². The SMILES string of the molecule is CNC(Cc1cc(OC)ccc1Br)c1sccc1Cl. The van der Waals surface area contributed by atoms with Gasteiger partial charge in [0.15, 0.2) is 0 Å². The Morgan fingerprint density at radius 2 is 2.21 bits per heavy atom. The maximum absolute atomic E-state index is 6.21. The monoisotopic (exact) mass is 359 g/mol. The minimum absolute atomic E-state index is 0.205. The molecule has 0 radical (unpaired) electrons. The van der Waals surface area contributed by atoms with Crippen LogP contribution in [-0.4, -0.2) is 14.2 Å². The van der Waals surface area contributed by atoms with Gasteiger partial charge in [-0.1, -0.05) is 27.5 Å². The van der Waals surface area contributed by atoms with Gasteiger partial charge >= 0.3 is 0 Å². The fourth-order valence-electron chi connectivity index (χ4n) is 1.93. The molecule has 0 saturated heterocycles. The lowest BCUT2D eigenvalue weighted by atomic mass is 10.0. The molecule has 0 amide bonds. The molecule has 0 aliphatic carbocycles. The Bertz CT molecular complexity index is 558. The van der Waals surface area contributed by atoms with E-state index < -0.39 is 0 Å². The van der Waals surface area contributed by atoms with Gasteiger partial charge in [-0.25, -0.2) is 0 Å². The van der Waals surface area contributed by atoms with Crippen molar-refractivity contribution < 1.29 is 4.74 Å². The quantitative estimate of drug-likeness (QED) is 0.836. The molecule has 2 aromatic rings. The Labute approximate surface area is 130 Å². The van der Waals surface area contributed by atoms with Crippen molar-refractivity contribution in [3.05, 3.63) is 49.6 Å². The third-order valence-corrected chi connectivity index (χ3v) is 5.23. The molecule has 2 nitrogen and oxygen atoms in total. The van der Waals surface area contributed by atoms with E-state index in [0.29, 0.717) is 0 Å². The molecule has 19 heavy (non-hydrogen) atoms. The number of methoxy groups -OCH3 is 1. The highest BCUT2D eigenvalue weighted by atomic mass is 79.9. The first-order chi connectivity index (χ1) is 9.15. The average Bonchev–Trinajstić information content (AvgIpc) is 2.84. The number of nitrogens with one attached hydrogen (secondary N) is 1. The van der Waals surface area contributed by atoms with Gasteiger partial charge in [-0.05, 0) is 48.7 Å². The molecule has 1 N–H and O–H groups in total. The van der Waals surface area contributed by atoms with Crippen molar-refractivity contribution in [1.82, 2.24) is 5.32 Å². The van der Waals surface area contributed by atoms with Gasteiger partial charge in [0.05, 0.1) is 12.1 Å². The molecule has 102 valence electrons. The highest BCUT2D eigenvalue weighted by Crippen LogP contribution is 2.33. The molecule has 1 aromatic carbocycles. The molecule has 0 fully saturated rings. The minimum atomic E-state index is 0.205. The molecular weight excluding hydrogens is 346 g/mol. The normalized spacial score (nSPS) is 12.4. The number of benzene rings is 1. The van der Waals surface area contributed by atoms with Gasteiger partial charge in [0.25, 0.3) is 0 Å². The fourth-order valence-corrected chi connectivity index (χ4v) is 3.64. The second-order valence-corrected chi connectivity index (χ2v) is 6.34. The van der Waals surface area contributed by atoms with Crippen molar-refractivity contribution in [3.8, 4) is 5.75 Å². The van der Waals surface area contributed by atoms with E-state index in [1.54, 1.807) is 18.4 Å². The van der Waals surface area contributed by atoms with Crippen molar-refractivity contribution >= 4 is 38.9 Å². The Hall–Kier alpha value is -0.550. The van der Waals surface area contributed by atoms with Gasteiger partial charge < -0.3 is 10.1 Å². The second kappa shape index (κ2) is 6.75. The van der Waals surface area contributed by atoms with E-state index in [1.165, 1.54) is 10.4 Å². The van der Waals surface area contributed by atoms with E-state index in [0.717, 1.165) is 21.7 Å². The van der Waals surface area contributed by atoms with Crippen molar-refractivity contribution in [2.75, 3.05) is 14.2 Å². The van der Waals surface area contributed by atoms with E-state index in [2.05, 4.69) is 27.3 Å². The molecule has 1 heterocycles. The fraction of sp³-hybridized carbons (Fsp3) is 0.286. The van der Waals surface area contributed by atoms with Gasteiger partial charge in [-0.2, -0.15) is 0 Å². The van der Waals surface area contributed by atoms with Gasteiger partial charge in [0.2, 0.25) is 0 Å². The molecule has 1 atom stereocenters. The first-order valence-corrected chi connectivity index (χ1v) is 7.93. The molecule has 0 aliphatic rings. The van der Waals surface area contributed by atoms with Gasteiger partial charge in [0.1, 0.15) is 5.75 Å². The summed E-state index contributed by atoms with van der Waals surface area (Å²) in [6.07, 6.45) is 0.856. The van der Waals surface area contributed by atoms with Crippen LogP contribution in [0.3, 0.4) is 0 Å². The molecule has 0 saturated carbocycles. The highest BCUT2D eigenvalue weighted by Gasteiger charge is 2.16. The Morgan fingerprint density at radius 1 is 1.42 bits per heavy atom. The summed E-state index contributed by atoms with van der Waals surface area (Å²) in [4.78, 5) is 1.17. The van der Waals surface area contributed by atoms with Crippen LogP contribution in [0.5, 0.6) is 5.75 Å². The summed E-state index contributed by atoms with van der Waals surface area (Å²) in [5, 5.41) is 6.16. The third kappa shape index (κ3) is 3.51. The number of rotatable bonds is 5. The Morgan fingerprint density at radius 3 is 2.79 bits per heavy atom. The predicted molar refractivity (Wildman–Crippen MR) is 85.5 cm³/mol.